The Labute approximate surface area is 84.3 Å². The van der Waals surface area contributed by atoms with Crippen LogP contribution in [-0.4, -0.2) is 10.2 Å². The van der Waals surface area contributed by atoms with E-state index in [4.69, 9.17) is 0 Å². The maximum absolute atomic E-state index is 13.0. The van der Waals surface area contributed by atoms with Crippen molar-refractivity contribution in [2.24, 2.45) is 0 Å². The maximum Gasteiger partial charge on any atom is 0.197 e. The topological polar surface area (TPSA) is 28.7 Å². The van der Waals surface area contributed by atoms with Gasteiger partial charge in [-0.05, 0) is 22.6 Å². The summed E-state index contributed by atoms with van der Waals surface area (Å²) in [7, 11) is 0. The van der Waals surface area contributed by atoms with Gasteiger partial charge in [0.05, 0.1) is 9.77 Å². The number of fused-ring (bicyclic) bond motifs is 1. The molecular formula is C7H2F3IN2. The van der Waals surface area contributed by atoms with Gasteiger partial charge < -0.3 is 0 Å². The summed E-state index contributed by atoms with van der Waals surface area (Å²) >= 11 is 1.60. The first-order valence-electron chi connectivity index (χ1n) is 3.28. The molecule has 0 saturated carbocycles. The van der Waals surface area contributed by atoms with Crippen molar-refractivity contribution in [2.75, 3.05) is 0 Å². The molecule has 0 atom stereocenters. The normalized spacial score (nSPS) is 11.1. The lowest BCUT2D eigenvalue weighted by Gasteiger charge is -1.99. The van der Waals surface area contributed by atoms with E-state index in [-0.39, 0.29) is 14.5 Å². The van der Waals surface area contributed by atoms with Gasteiger partial charge in [-0.2, -0.15) is 5.10 Å². The summed E-state index contributed by atoms with van der Waals surface area (Å²) in [5, 5.41) is 6.01. The van der Waals surface area contributed by atoms with Crippen molar-refractivity contribution in [1.29, 1.82) is 0 Å². The molecule has 0 saturated heterocycles. The molecule has 0 aliphatic rings. The summed E-state index contributed by atoms with van der Waals surface area (Å²) in [5.74, 6) is -3.88. The molecule has 0 unspecified atom stereocenters. The number of hydrogen-bond donors (Lipinski definition) is 1. The number of rotatable bonds is 0. The molecule has 0 amide bonds. The second-order valence-electron chi connectivity index (χ2n) is 2.41. The zero-order valence-corrected chi connectivity index (χ0v) is 8.19. The third-order valence-corrected chi connectivity index (χ3v) is 2.73. The molecule has 0 radical (unpaired) electrons. The predicted molar refractivity (Wildman–Crippen MR) is 48.7 cm³/mol. The number of nitrogens with zero attached hydrogens (tertiary/aromatic N) is 1. The van der Waals surface area contributed by atoms with Crippen molar-refractivity contribution in [1.82, 2.24) is 10.2 Å². The van der Waals surface area contributed by atoms with Crippen molar-refractivity contribution in [2.45, 2.75) is 0 Å². The number of halogens is 4. The summed E-state index contributed by atoms with van der Waals surface area (Å²) in [6, 6.07) is 0. The summed E-state index contributed by atoms with van der Waals surface area (Å²) < 4.78 is 38.7. The molecule has 13 heavy (non-hydrogen) atoms. The fourth-order valence-corrected chi connectivity index (χ4v) is 1.69. The van der Waals surface area contributed by atoms with Crippen LogP contribution in [-0.2, 0) is 0 Å². The summed E-state index contributed by atoms with van der Waals surface area (Å²) in [6.07, 6.45) is 1.25. The SMILES string of the molecule is Fc1c(F)c(F)c2[nH]ncc2c1I. The summed E-state index contributed by atoms with van der Waals surface area (Å²) in [5.41, 5.74) is -0.108. The number of nitrogens with one attached hydrogen (secondary N) is 1. The van der Waals surface area contributed by atoms with Gasteiger partial charge in [0.25, 0.3) is 0 Å². The molecule has 1 heterocycles. The zero-order chi connectivity index (χ0) is 9.59. The lowest BCUT2D eigenvalue weighted by molar-refractivity contribution is 0.449. The molecule has 2 rings (SSSR count). The monoisotopic (exact) mass is 298 g/mol. The average Bonchev–Trinajstić information content (AvgIpc) is 2.59. The quantitative estimate of drug-likeness (QED) is 0.452. The largest absolute Gasteiger partial charge is 0.275 e. The Balaban J connectivity index is 3.02. The lowest BCUT2D eigenvalue weighted by atomic mass is 10.2. The van der Waals surface area contributed by atoms with Crippen molar-refractivity contribution in [3.8, 4) is 0 Å². The molecule has 2 nitrogen and oxygen atoms in total. The highest BCUT2D eigenvalue weighted by Crippen LogP contribution is 2.26. The highest BCUT2D eigenvalue weighted by molar-refractivity contribution is 14.1. The fraction of sp³-hybridized carbons (Fsp3) is 0. The summed E-state index contributed by atoms with van der Waals surface area (Å²) in [6.45, 7) is 0. The Bertz CT molecular complexity index is 438. The number of H-pyrrole nitrogens is 1. The van der Waals surface area contributed by atoms with E-state index in [1.807, 2.05) is 0 Å². The average molecular weight is 298 g/mol. The minimum absolute atomic E-state index is 0.0280. The Hall–Kier alpha value is -0.790. The molecule has 0 aliphatic heterocycles. The Morgan fingerprint density at radius 3 is 2.54 bits per heavy atom. The minimum Gasteiger partial charge on any atom is -0.275 e. The van der Waals surface area contributed by atoms with E-state index in [1.165, 1.54) is 6.20 Å². The molecule has 0 aliphatic carbocycles. The second kappa shape index (κ2) is 2.86. The van der Waals surface area contributed by atoms with Crippen LogP contribution in [0.5, 0.6) is 0 Å². The molecule has 6 heteroatoms. The van der Waals surface area contributed by atoms with E-state index in [9.17, 15) is 13.2 Å². The van der Waals surface area contributed by atoms with Gasteiger partial charge in [-0.25, -0.2) is 13.2 Å². The van der Waals surface area contributed by atoms with Crippen LogP contribution in [0.2, 0.25) is 0 Å². The molecule has 0 spiro atoms. The van der Waals surface area contributed by atoms with E-state index in [1.54, 1.807) is 22.6 Å². The molecule has 1 N–H and O–H groups in total. The number of hydrogen-bond acceptors (Lipinski definition) is 1. The molecule has 1 aromatic heterocycles. The van der Waals surface area contributed by atoms with Crippen molar-refractivity contribution in [3.05, 3.63) is 27.2 Å². The van der Waals surface area contributed by atoms with Gasteiger partial charge in [0.1, 0.15) is 5.52 Å². The van der Waals surface area contributed by atoms with Crippen LogP contribution in [0, 0.1) is 21.0 Å². The number of benzene rings is 1. The van der Waals surface area contributed by atoms with Crippen LogP contribution in [0.3, 0.4) is 0 Å². The Morgan fingerprint density at radius 2 is 1.85 bits per heavy atom. The highest BCUT2D eigenvalue weighted by atomic mass is 127. The predicted octanol–water partition coefficient (Wildman–Crippen LogP) is 2.58. The Kier molecular flexibility index (Phi) is 1.94. The van der Waals surface area contributed by atoms with Crippen molar-refractivity contribution in [3.63, 3.8) is 0 Å². The molecular weight excluding hydrogens is 296 g/mol. The lowest BCUT2D eigenvalue weighted by Crippen LogP contribution is -1.95. The Morgan fingerprint density at radius 1 is 1.15 bits per heavy atom. The van der Waals surface area contributed by atoms with Crippen LogP contribution in [0.1, 0.15) is 0 Å². The van der Waals surface area contributed by atoms with Crippen LogP contribution < -0.4 is 0 Å². The van der Waals surface area contributed by atoms with Gasteiger partial charge in [0.15, 0.2) is 17.5 Å². The molecule has 2 aromatic rings. The number of aromatic nitrogens is 2. The van der Waals surface area contributed by atoms with E-state index in [2.05, 4.69) is 10.2 Å². The van der Waals surface area contributed by atoms with E-state index in [0.29, 0.717) is 0 Å². The highest BCUT2D eigenvalue weighted by Gasteiger charge is 2.19. The van der Waals surface area contributed by atoms with E-state index < -0.39 is 17.5 Å². The second-order valence-corrected chi connectivity index (χ2v) is 3.49. The first-order chi connectivity index (χ1) is 6.13. The van der Waals surface area contributed by atoms with Crippen molar-refractivity contribution < 1.29 is 13.2 Å². The summed E-state index contributed by atoms with van der Waals surface area (Å²) in [4.78, 5) is 0. The third-order valence-electron chi connectivity index (χ3n) is 1.67. The molecule has 0 bridgehead atoms. The van der Waals surface area contributed by atoms with Crippen molar-refractivity contribution >= 4 is 33.5 Å². The van der Waals surface area contributed by atoms with Gasteiger partial charge in [-0.15, -0.1) is 0 Å². The first kappa shape index (κ1) is 8.79. The minimum atomic E-state index is -1.47. The van der Waals surface area contributed by atoms with Gasteiger partial charge >= 0.3 is 0 Å². The number of aromatic amines is 1. The third kappa shape index (κ3) is 1.11. The fourth-order valence-electron chi connectivity index (χ4n) is 1.04. The van der Waals surface area contributed by atoms with E-state index >= 15 is 0 Å². The molecule has 1 aromatic carbocycles. The van der Waals surface area contributed by atoms with Gasteiger partial charge in [-0.1, -0.05) is 0 Å². The maximum atomic E-state index is 13.0. The molecule has 68 valence electrons. The van der Waals surface area contributed by atoms with Gasteiger partial charge in [-0.3, -0.25) is 5.10 Å². The molecule has 0 fully saturated rings. The van der Waals surface area contributed by atoms with Crippen LogP contribution in [0.25, 0.3) is 10.9 Å². The smallest absolute Gasteiger partial charge is 0.197 e. The van der Waals surface area contributed by atoms with Gasteiger partial charge in [0, 0.05) is 5.39 Å². The first-order valence-corrected chi connectivity index (χ1v) is 4.36. The zero-order valence-electron chi connectivity index (χ0n) is 6.04. The van der Waals surface area contributed by atoms with E-state index in [0.717, 1.165) is 0 Å². The van der Waals surface area contributed by atoms with Crippen LogP contribution in [0.15, 0.2) is 6.20 Å². The van der Waals surface area contributed by atoms with Crippen LogP contribution in [0.4, 0.5) is 13.2 Å². The van der Waals surface area contributed by atoms with Gasteiger partial charge in [0.2, 0.25) is 0 Å². The standard InChI is InChI=1S/C7H2F3IN2/c8-3-4(9)6(11)2-1-12-13-7(2)5(3)10/h1H,(H,12,13). The van der Waals surface area contributed by atoms with Crippen LogP contribution >= 0.6 is 22.6 Å².